The largest absolute Gasteiger partial charge is 0.293 e. The number of imide groups is 1. The van der Waals surface area contributed by atoms with Gasteiger partial charge in [0.05, 0.1) is 16.9 Å². The van der Waals surface area contributed by atoms with Gasteiger partial charge in [-0.15, -0.1) is 0 Å². The molecule has 1 N–H and O–H groups in total. The van der Waals surface area contributed by atoms with Crippen molar-refractivity contribution in [3.8, 4) is 0 Å². The second-order valence-corrected chi connectivity index (χ2v) is 6.38. The van der Waals surface area contributed by atoms with Gasteiger partial charge >= 0.3 is 0 Å². The molecule has 1 fully saturated rings. The molecule has 1 unspecified atom stereocenters. The normalized spacial score (nSPS) is 19.1. The highest BCUT2D eigenvalue weighted by molar-refractivity contribution is 6.34. The number of Topliss-reactive ketones (excluding diaryl/α,β-unsaturated/α-hetero) is 1. The van der Waals surface area contributed by atoms with E-state index in [4.69, 9.17) is 0 Å². The third-order valence-electron chi connectivity index (χ3n) is 4.60. The lowest BCUT2D eigenvalue weighted by Crippen LogP contribution is -2.46. The zero-order valence-electron chi connectivity index (χ0n) is 14.4. The molecule has 26 heavy (non-hydrogen) atoms. The highest BCUT2D eigenvalue weighted by Gasteiger charge is 2.53. The number of rotatable bonds is 3. The summed E-state index contributed by atoms with van der Waals surface area (Å²) in [5.74, 6) is -1.12. The number of amides is 2. The van der Waals surface area contributed by atoms with Crippen LogP contribution in [0.15, 0.2) is 65.9 Å². The fourth-order valence-corrected chi connectivity index (χ4v) is 3.32. The summed E-state index contributed by atoms with van der Waals surface area (Å²) < 4.78 is 0. The van der Waals surface area contributed by atoms with Crippen molar-refractivity contribution in [1.29, 1.82) is 0 Å². The van der Waals surface area contributed by atoms with Crippen LogP contribution in [0.25, 0.3) is 0 Å². The molecule has 2 aromatic rings. The number of aryl methyl sites for hydroxylation is 1. The standard InChI is InChI=1S/C20H17N3O3/c1-12-8-10-15(11-9-12)23-18-16(17(21-23)13(2)24)19(25)22(20(18)26)14-6-4-3-5-7-14/h3-11,18,21H,1-2H3. The van der Waals surface area contributed by atoms with Gasteiger partial charge in [-0.05, 0) is 31.2 Å². The number of carbonyl (C=O) groups excluding carboxylic acids is 3. The Morgan fingerprint density at radius 3 is 2.23 bits per heavy atom. The molecule has 0 aliphatic carbocycles. The minimum atomic E-state index is -0.857. The number of fused-ring (bicyclic) bond motifs is 1. The molecule has 2 aliphatic rings. The zero-order chi connectivity index (χ0) is 18.4. The van der Waals surface area contributed by atoms with E-state index in [9.17, 15) is 14.4 Å². The topological polar surface area (TPSA) is 69.7 Å². The number of hydrogen-bond acceptors (Lipinski definition) is 5. The lowest BCUT2D eigenvalue weighted by Gasteiger charge is -2.26. The molecule has 0 radical (unpaired) electrons. The van der Waals surface area contributed by atoms with Crippen LogP contribution in [-0.4, -0.2) is 23.6 Å². The highest BCUT2D eigenvalue weighted by Crippen LogP contribution is 2.36. The number of para-hydroxylation sites is 1. The molecule has 130 valence electrons. The van der Waals surface area contributed by atoms with Crippen LogP contribution in [0.2, 0.25) is 0 Å². The highest BCUT2D eigenvalue weighted by atomic mass is 16.2. The van der Waals surface area contributed by atoms with Crippen molar-refractivity contribution in [2.75, 3.05) is 9.91 Å². The van der Waals surface area contributed by atoms with Crippen molar-refractivity contribution >= 4 is 29.0 Å². The number of allylic oxidation sites excluding steroid dienone is 1. The Balaban J connectivity index is 1.82. The Morgan fingerprint density at radius 2 is 1.62 bits per heavy atom. The molecule has 0 spiro atoms. The van der Waals surface area contributed by atoms with Crippen LogP contribution in [0.1, 0.15) is 12.5 Å². The van der Waals surface area contributed by atoms with Gasteiger partial charge in [-0.1, -0.05) is 35.9 Å². The van der Waals surface area contributed by atoms with Crippen molar-refractivity contribution in [2.24, 2.45) is 0 Å². The zero-order valence-corrected chi connectivity index (χ0v) is 14.4. The van der Waals surface area contributed by atoms with Crippen molar-refractivity contribution in [2.45, 2.75) is 19.9 Å². The third kappa shape index (κ3) is 2.30. The molecule has 0 saturated carbocycles. The van der Waals surface area contributed by atoms with Crippen LogP contribution in [-0.2, 0) is 14.4 Å². The van der Waals surface area contributed by atoms with Gasteiger partial charge in [-0.3, -0.25) is 24.8 Å². The summed E-state index contributed by atoms with van der Waals surface area (Å²) in [5, 5.41) is 1.59. The van der Waals surface area contributed by atoms with Crippen molar-refractivity contribution in [3.05, 3.63) is 71.4 Å². The molecule has 0 aromatic heterocycles. The van der Waals surface area contributed by atoms with Crippen molar-refractivity contribution in [1.82, 2.24) is 5.43 Å². The Morgan fingerprint density at radius 1 is 0.962 bits per heavy atom. The summed E-state index contributed by atoms with van der Waals surface area (Å²) in [7, 11) is 0. The number of anilines is 2. The average molecular weight is 347 g/mol. The van der Waals surface area contributed by atoms with Crippen LogP contribution < -0.4 is 15.3 Å². The Labute approximate surface area is 150 Å². The molecule has 2 aliphatic heterocycles. The van der Waals surface area contributed by atoms with Gasteiger partial charge in [0, 0.05) is 6.92 Å². The summed E-state index contributed by atoms with van der Waals surface area (Å²) in [6.45, 7) is 3.35. The molecule has 0 bridgehead atoms. The van der Waals surface area contributed by atoms with Crippen molar-refractivity contribution in [3.63, 3.8) is 0 Å². The first-order valence-electron chi connectivity index (χ1n) is 8.30. The Bertz CT molecular complexity index is 948. The maximum atomic E-state index is 13.1. The maximum absolute atomic E-state index is 13.1. The number of benzene rings is 2. The van der Waals surface area contributed by atoms with Crippen LogP contribution in [0, 0.1) is 6.92 Å². The summed E-state index contributed by atoms with van der Waals surface area (Å²) in [6.07, 6.45) is 0. The van der Waals surface area contributed by atoms with Gasteiger partial charge in [0.2, 0.25) is 0 Å². The molecule has 1 atom stereocenters. The number of ketones is 1. The van der Waals surface area contributed by atoms with Crippen LogP contribution >= 0.6 is 0 Å². The van der Waals surface area contributed by atoms with Gasteiger partial charge in [0.1, 0.15) is 5.70 Å². The van der Waals surface area contributed by atoms with Crippen LogP contribution in [0.4, 0.5) is 11.4 Å². The predicted octanol–water partition coefficient (Wildman–Crippen LogP) is 2.10. The Kier molecular flexibility index (Phi) is 3.61. The first-order valence-corrected chi connectivity index (χ1v) is 8.30. The number of hydrazine groups is 1. The van der Waals surface area contributed by atoms with Gasteiger partial charge < -0.3 is 0 Å². The van der Waals surface area contributed by atoms with Gasteiger partial charge in [-0.25, -0.2) is 4.90 Å². The van der Waals surface area contributed by atoms with Gasteiger partial charge in [0.15, 0.2) is 11.8 Å². The number of carbonyl (C=O) groups is 3. The number of nitrogens with zero attached hydrogens (tertiary/aromatic N) is 2. The summed E-state index contributed by atoms with van der Waals surface area (Å²) in [5.41, 5.74) is 5.62. The summed E-state index contributed by atoms with van der Waals surface area (Å²) >= 11 is 0. The van der Waals surface area contributed by atoms with E-state index in [1.165, 1.54) is 6.92 Å². The van der Waals surface area contributed by atoms with E-state index >= 15 is 0 Å². The molecule has 6 nitrogen and oxygen atoms in total. The van der Waals surface area contributed by atoms with Crippen molar-refractivity contribution < 1.29 is 14.4 Å². The van der Waals surface area contributed by atoms with E-state index in [1.54, 1.807) is 29.3 Å². The lowest BCUT2D eigenvalue weighted by molar-refractivity contribution is -0.121. The minimum Gasteiger partial charge on any atom is -0.293 e. The molecule has 1 saturated heterocycles. The molecule has 6 heteroatoms. The number of hydrogen-bond donors (Lipinski definition) is 1. The Hall–Kier alpha value is -3.41. The first kappa shape index (κ1) is 16.1. The monoisotopic (exact) mass is 347 g/mol. The maximum Gasteiger partial charge on any atom is 0.266 e. The second-order valence-electron chi connectivity index (χ2n) is 6.38. The fourth-order valence-electron chi connectivity index (χ4n) is 3.32. The number of nitrogens with one attached hydrogen (secondary N) is 1. The van der Waals surface area contributed by atoms with Crippen LogP contribution in [0.5, 0.6) is 0 Å². The smallest absolute Gasteiger partial charge is 0.266 e. The van der Waals surface area contributed by atoms with E-state index in [1.807, 2.05) is 37.3 Å². The average Bonchev–Trinajstić information content (AvgIpc) is 3.14. The van der Waals surface area contributed by atoms with E-state index in [2.05, 4.69) is 5.43 Å². The van der Waals surface area contributed by atoms with E-state index < -0.39 is 11.9 Å². The van der Waals surface area contributed by atoms with E-state index in [-0.39, 0.29) is 23.0 Å². The summed E-state index contributed by atoms with van der Waals surface area (Å²) in [6, 6.07) is 15.4. The molecular formula is C20H17N3O3. The molecule has 4 rings (SSSR count). The SMILES string of the molecule is CC(=O)C1=C2C(=O)N(c3ccccc3)C(=O)C2N(c2ccc(C)cc2)N1. The predicted molar refractivity (Wildman–Crippen MR) is 97.2 cm³/mol. The summed E-state index contributed by atoms with van der Waals surface area (Å²) in [4.78, 5) is 39.3. The van der Waals surface area contributed by atoms with Gasteiger partial charge in [0.25, 0.3) is 11.8 Å². The fraction of sp³-hybridized carbons (Fsp3) is 0.150. The molecule has 2 aromatic carbocycles. The van der Waals surface area contributed by atoms with Crippen LogP contribution in [0.3, 0.4) is 0 Å². The third-order valence-corrected chi connectivity index (χ3v) is 4.60. The van der Waals surface area contributed by atoms with Gasteiger partial charge in [-0.2, -0.15) is 0 Å². The molecular weight excluding hydrogens is 330 g/mol. The molecule has 2 heterocycles. The second kappa shape index (κ2) is 5.84. The molecule has 2 amide bonds. The quantitative estimate of drug-likeness (QED) is 0.861. The van der Waals surface area contributed by atoms with E-state index in [0.717, 1.165) is 10.5 Å². The van der Waals surface area contributed by atoms with E-state index in [0.29, 0.717) is 11.4 Å². The lowest BCUT2D eigenvalue weighted by atomic mass is 10.1. The first-order chi connectivity index (χ1) is 12.5. The minimum absolute atomic E-state index is 0.173.